The van der Waals surface area contributed by atoms with Crippen molar-refractivity contribution in [2.24, 2.45) is 11.8 Å². The minimum Gasteiger partial charge on any atom is -0.299 e. The van der Waals surface area contributed by atoms with Crippen molar-refractivity contribution in [1.82, 2.24) is 0 Å². The van der Waals surface area contributed by atoms with Crippen LogP contribution >= 0.6 is 0 Å². The molecular weight excluding hydrogens is 136 g/mol. The average molecular weight is 154 g/mol. The molecule has 0 aliphatic heterocycles. The molecule has 0 heterocycles. The maximum atomic E-state index is 11.3. The van der Waals surface area contributed by atoms with E-state index in [1.54, 1.807) is 0 Å². The second-order valence-electron chi connectivity index (χ2n) is 4.04. The van der Waals surface area contributed by atoms with Gasteiger partial charge in [-0.15, -0.1) is 0 Å². The van der Waals surface area contributed by atoms with E-state index in [2.05, 4.69) is 13.8 Å². The molecule has 1 nitrogen and oxygen atoms in total. The van der Waals surface area contributed by atoms with Gasteiger partial charge in [-0.05, 0) is 25.2 Å². The normalized spacial score (nSPS) is 26.1. The van der Waals surface area contributed by atoms with Crippen LogP contribution < -0.4 is 0 Å². The van der Waals surface area contributed by atoms with Crippen LogP contribution in [0.5, 0.6) is 0 Å². The third kappa shape index (κ3) is 2.64. The summed E-state index contributed by atoms with van der Waals surface area (Å²) in [6, 6.07) is 0. The quantitative estimate of drug-likeness (QED) is 0.597. The lowest BCUT2D eigenvalue weighted by molar-refractivity contribution is -0.125. The molecule has 1 fully saturated rings. The monoisotopic (exact) mass is 154 g/mol. The number of hydrogen-bond donors (Lipinski definition) is 0. The number of hydrogen-bond acceptors (Lipinski definition) is 1. The molecule has 0 spiro atoms. The number of carbonyl (C=O) groups is 1. The highest BCUT2D eigenvalue weighted by molar-refractivity contribution is 5.81. The predicted octanol–water partition coefficient (Wildman–Crippen LogP) is 2.79. The van der Waals surface area contributed by atoms with E-state index in [0.29, 0.717) is 17.6 Å². The topological polar surface area (TPSA) is 17.1 Å². The lowest BCUT2D eigenvalue weighted by Crippen LogP contribution is -2.20. The summed E-state index contributed by atoms with van der Waals surface area (Å²) >= 11 is 0. The van der Waals surface area contributed by atoms with Gasteiger partial charge in [0.1, 0.15) is 5.78 Å². The summed E-state index contributed by atoms with van der Waals surface area (Å²) in [5, 5.41) is 0. The molecule has 0 saturated heterocycles. The van der Waals surface area contributed by atoms with Crippen LogP contribution in [0.4, 0.5) is 0 Å². The summed E-state index contributed by atoms with van der Waals surface area (Å²) in [5.74, 6) is 1.61. The first-order valence-corrected chi connectivity index (χ1v) is 4.73. The van der Waals surface area contributed by atoms with Crippen LogP contribution in [-0.4, -0.2) is 5.78 Å². The van der Waals surface area contributed by atoms with Crippen molar-refractivity contribution in [2.45, 2.75) is 46.0 Å². The van der Waals surface area contributed by atoms with Crippen LogP contribution in [-0.2, 0) is 4.79 Å². The molecule has 0 aromatic rings. The lowest BCUT2D eigenvalue weighted by Gasteiger charge is -2.21. The fourth-order valence-corrected chi connectivity index (χ4v) is 1.87. The van der Waals surface area contributed by atoms with E-state index in [9.17, 15) is 4.79 Å². The molecule has 1 rings (SSSR count). The molecule has 1 atom stereocenters. The van der Waals surface area contributed by atoms with E-state index < -0.39 is 0 Å². The van der Waals surface area contributed by atoms with Crippen LogP contribution in [0.2, 0.25) is 0 Å². The van der Waals surface area contributed by atoms with E-state index >= 15 is 0 Å². The summed E-state index contributed by atoms with van der Waals surface area (Å²) in [4.78, 5) is 11.3. The van der Waals surface area contributed by atoms with E-state index in [-0.39, 0.29) is 0 Å². The summed E-state index contributed by atoms with van der Waals surface area (Å²) in [6.45, 7) is 4.39. The molecule has 1 aliphatic rings. The van der Waals surface area contributed by atoms with Crippen molar-refractivity contribution in [3.63, 3.8) is 0 Å². The highest BCUT2D eigenvalue weighted by atomic mass is 16.1. The van der Waals surface area contributed by atoms with Crippen molar-refractivity contribution in [2.75, 3.05) is 0 Å². The Balaban J connectivity index is 2.36. The van der Waals surface area contributed by atoms with Crippen LogP contribution in [0, 0.1) is 11.8 Å². The minimum absolute atomic E-state index is 0.406. The third-order valence-electron chi connectivity index (χ3n) is 2.44. The summed E-state index contributed by atoms with van der Waals surface area (Å²) in [6.07, 6.45) is 5.50. The first-order chi connectivity index (χ1) is 5.20. The summed E-state index contributed by atoms with van der Waals surface area (Å²) < 4.78 is 0. The summed E-state index contributed by atoms with van der Waals surface area (Å²) in [5.41, 5.74) is 0. The van der Waals surface area contributed by atoms with Crippen LogP contribution in [0.15, 0.2) is 0 Å². The highest BCUT2D eigenvalue weighted by Gasteiger charge is 2.22. The Morgan fingerprint density at radius 2 is 2.18 bits per heavy atom. The Morgan fingerprint density at radius 1 is 1.45 bits per heavy atom. The van der Waals surface area contributed by atoms with Gasteiger partial charge < -0.3 is 0 Å². The largest absolute Gasteiger partial charge is 0.299 e. The summed E-state index contributed by atoms with van der Waals surface area (Å²) in [7, 11) is 0. The Morgan fingerprint density at radius 3 is 2.73 bits per heavy atom. The van der Waals surface area contributed by atoms with E-state index in [1.165, 1.54) is 6.42 Å². The fraction of sp³-hybridized carbons (Fsp3) is 0.900. The van der Waals surface area contributed by atoms with Gasteiger partial charge in [0.05, 0.1) is 0 Å². The van der Waals surface area contributed by atoms with Crippen LogP contribution in [0.3, 0.4) is 0 Å². The number of Topliss-reactive ketones (excluding diaryl/α,β-unsaturated/α-hetero) is 1. The zero-order chi connectivity index (χ0) is 8.27. The molecule has 1 saturated carbocycles. The highest BCUT2D eigenvalue weighted by Crippen LogP contribution is 2.25. The number of rotatable bonds is 2. The fourth-order valence-electron chi connectivity index (χ4n) is 1.87. The number of ketones is 1. The van der Waals surface area contributed by atoms with Crippen molar-refractivity contribution < 1.29 is 4.79 Å². The molecular formula is C10H18O. The van der Waals surface area contributed by atoms with E-state index in [4.69, 9.17) is 0 Å². The molecule has 0 radical (unpaired) electrons. The second-order valence-corrected chi connectivity index (χ2v) is 4.04. The molecule has 1 heteroatoms. The van der Waals surface area contributed by atoms with Gasteiger partial charge in [-0.1, -0.05) is 20.3 Å². The van der Waals surface area contributed by atoms with Crippen molar-refractivity contribution >= 4 is 5.78 Å². The molecule has 64 valence electrons. The van der Waals surface area contributed by atoms with Crippen molar-refractivity contribution in [1.29, 1.82) is 0 Å². The molecule has 0 amide bonds. The second kappa shape index (κ2) is 3.89. The first kappa shape index (κ1) is 8.76. The molecule has 1 unspecified atom stereocenters. The smallest absolute Gasteiger partial charge is 0.135 e. The average Bonchev–Trinajstić information content (AvgIpc) is 1.93. The van der Waals surface area contributed by atoms with Crippen molar-refractivity contribution in [3.8, 4) is 0 Å². The molecule has 0 bridgehead atoms. The Hall–Kier alpha value is -0.330. The lowest BCUT2D eigenvalue weighted by atomic mass is 9.83. The van der Waals surface area contributed by atoms with E-state index in [0.717, 1.165) is 25.7 Å². The Labute approximate surface area is 69.2 Å². The molecule has 0 aromatic heterocycles. The van der Waals surface area contributed by atoms with Crippen LogP contribution in [0.1, 0.15) is 46.0 Å². The SMILES string of the molecule is CC(C)CC1CCCCC1=O. The predicted molar refractivity (Wildman–Crippen MR) is 46.4 cm³/mol. The zero-order valence-electron chi connectivity index (χ0n) is 7.60. The maximum Gasteiger partial charge on any atom is 0.135 e. The Kier molecular flexibility index (Phi) is 3.10. The van der Waals surface area contributed by atoms with Gasteiger partial charge in [0.2, 0.25) is 0 Å². The minimum atomic E-state index is 0.406. The molecule has 1 aliphatic carbocycles. The van der Waals surface area contributed by atoms with Gasteiger partial charge in [0.15, 0.2) is 0 Å². The third-order valence-corrected chi connectivity index (χ3v) is 2.44. The zero-order valence-corrected chi connectivity index (χ0v) is 7.60. The molecule has 11 heavy (non-hydrogen) atoms. The van der Waals surface area contributed by atoms with Gasteiger partial charge in [-0.2, -0.15) is 0 Å². The number of carbonyl (C=O) groups excluding carboxylic acids is 1. The van der Waals surface area contributed by atoms with Crippen LogP contribution in [0.25, 0.3) is 0 Å². The van der Waals surface area contributed by atoms with Gasteiger partial charge in [0.25, 0.3) is 0 Å². The van der Waals surface area contributed by atoms with E-state index in [1.807, 2.05) is 0 Å². The van der Waals surface area contributed by atoms with Gasteiger partial charge >= 0.3 is 0 Å². The van der Waals surface area contributed by atoms with Gasteiger partial charge in [-0.3, -0.25) is 4.79 Å². The standard InChI is InChI=1S/C10H18O/c1-8(2)7-9-5-3-4-6-10(9)11/h8-9H,3-7H2,1-2H3. The molecule has 0 aromatic carbocycles. The Bertz CT molecular complexity index is 138. The van der Waals surface area contributed by atoms with Gasteiger partial charge in [-0.25, -0.2) is 0 Å². The molecule has 0 N–H and O–H groups in total. The maximum absolute atomic E-state index is 11.3. The first-order valence-electron chi connectivity index (χ1n) is 4.73. The van der Waals surface area contributed by atoms with Crippen molar-refractivity contribution in [3.05, 3.63) is 0 Å². The van der Waals surface area contributed by atoms with Gasteiger partial charge in [0, 0.05) is 12.3 Å².